The summed E-state index contributed by atoms with van der Waals surface area (Å²) in [4.78, 5) is 29.4. The van der Waals surface area contributed by atoms with Crippen LogP contribution in [0.1, 0.15) is 10.4 Å². The summed E-state index contributed by atoms with van der Waals surface area (Å²) in [6.07, 6.45) is 2.96. The fraction of sp³-hybridized carbons (Fsp3) is 0.0833. The molecule has 0 aliphatic carbocycles. The van der Waals surface area contributed by atoms with Crippen molar-refractivity contribution in [3.63, 3.8) is 0 Å². The molecule has 8 heteroatoms. The minimum Gasteiger partial charge on any atom is -0.465 e. The van der Waals surface area contributed by atoms with Crippen LogP contribution in [-0.2, 0) is 4.74 Å². The van der Waals surface area contributed by atoms with Gasteiger partial charge >= 0.3 is 12.0 Å². The summed E-state index contributed by atoms with van der Waals surface area (Å²) in [6, 6.07) is 5.39. The number of esters is 1. The predicted molar refractivity (Wildman–Crippen MR) is 66.5 cm³/mol. The minimum absolute atomic E-state index is 0.0668. The second-order valence-corrected chi connectivity index (χ2v) is 3.56. The number of rotatable bonds is 4. The van der Waals surface area contributed by atoms with Crippen LogP contribution < -0.4 is 4.74 Å². The average molecular weight is 275 g/mol. The number of nitro benzene ring substituents is 1. The summed E-state index contributed by atoms with van der Waals surface area (Å²) in [5.41, 5.74) is -0.566. The van der Waals surface area contributed by atoms with E-state index in [1.807, 2.05) is 0 Å². The van der Waals surface area contributed by atoms with Crippen molar-refractivity contribution < 1.29 is 19.2 Å². The van der Waals surface area contributed by atoms with E-state index >= 15 is 0 Å². The maximum atomic E-state index is 11.5. The highest BCUT2D eigenvalue weighted by Gasteiger charge is 2.22. The van der Waals surface area contributed by atoms with Crippen molar-refractivity contribution in [3.8, 4) is 11.8 Å². The monoisotopic (exact) mass is 275 g/mol. The first kappa shape index (κ1) is 13.4. The molecule has 0 aliphatic rings. The van der Waals surface area contributed by atoms with Crippen molar-refractivity contribution in [1.29, 1.82) is 0 Å². The van der Waals surface area contributed by atoms with Gasteiger partial charge in [0.15, 0.2) is 0 Å². The van der Waals surface area contributed by atoms with Crippen molar-refractivity contribution in [3.05, 3.63) is 52.3 Å². The van der Waals surface area contributed by atoms with Crippen molar-refractivity contribution in [2.45, 2.75) is 0 Å². The molecule has 102 valence electrons. The van der Waals surface area contributed by atoms with Gasteiger partial charge in [0.25, 0.3) is 5.69 Å². The van der Waals surface area contributed by atoms with Crippen LogP contribution in [0.5, 0.6) is 11.8 Å². The molecule has 0 spiro atoms. The van der Waals surface area contributed by atoms with E-state index in [-0.39, 0.29) is 23.0 Å². The Hall–Kier alpha value is -3.03. The number of nitro groups is 1. The fourth-order valence-electron chi connectivity index (χ4n) is 1.45. The number of benzene rings is 1. The molecule has 0 radical (unpaired) electrons. The topological polar surface area (TPSA) is 104 Å². The van der Waals surface area contributed by atoms with E-state index in [2.05, 4.69) is 14.7 Å². The molecule has 8 nitrogen and oxygen atoms in total. The lowest BCUT2D eigenvalue weighted by molar-refractivity contribution is -0.385. The van der Waals surface area contributed by atoms with Gasteiger partial charge in [0.05, 0.1) is 12.0 Å². The number of hydrogen-bond donors (Lipinski definition) is 0. The summed E-state index contributed by atoms with van der Waals surface area (Å²) < 4.78 is 9.80. The predicted octanol–water partition coefficient (Wildman–Crippen LogP) is 1.96. The van der Waals surface area contributed by atoms with Crippen LogP contribution in [0.3, 0.4) is 0 Å². The van der Waals surface area contributed by atoms with E-state index < -0.39 is 10.9 Å². The summed E-state index contributed by atoms with van der Waals surface area (Å²) >= 11 is 0. The first-order valence-electron chi connectivity index (χ1n) is 5.43. The summed E-state index contributed by atoms with van der Waals surface area (Å²) in [6.45, 7) is 0. The van der Waals surface area contributed by atoms with Crippen molar-refractivity contribution in [2.75, 3.05) is 7.11 Å². The second kappa shape index (κ2) is 5.74. The molecule has 0 saturated heterocycles. The standard InChI is InChI=1S/C12H9N3O5/c1-19-11(16)9-7-8(3-4-10(9)15(17)18)20-12-13-5-2-6-14-12/h2-7H,1H3. The van der Waals surface area contributed by atoms with Gasteiger partial charge in [-0.05, 0) is 12.1 Å². The van der Waals surface area contributed by atoms with Gasteiger partial charge in [-0.2, -0.15) is 0 Å². The Morgan fingerprint density at radius 3 is 2.60 bits per heavy atom. The van der Waals surface area contributed by atoms with Gasteiger partial charge in [0.2, 0.25) is 0 Å². The van der Waals surface area contributed by atoms with Crippen molar-refractivity contribution in [1.82, 2.24) is 9.97 Å². The number of carbonyl (C=O) groups is 1. The van der Waals surface area contributed by atoms with Crippen LogP contribution >= 0.6 is 0 Å². The van der Waals surface area contributed by atoms with E-state index in [0.29, 0.717) is 0 Å². The Labute approximate surface area is 113 Å². The zero-order valence-corrected chi connectivity index (χ0v) is 10.3. The molecule has 20 heavy (non-hydrogen) atoms. The van der Waals surface area contributed by atoms with Crippen LogP contribution in [0.4, 0.5) is 5.69 Å². The molecule has 0 N–H and O–H groups in total. The minimum atomic E-state index is -0.823. The molecular formula is C12H9N3O5. The maximum absolute atomic E-state index is 11.5. The second-order valence-electron chi connectivity index (χ2n) is 3.56. The summed E-state index contributed by atoms with van der Waals surface area (Å²) in [5.74, 6) is -0.627. The Balaban J connectivity index is 2.37. The number of ether oxygens (including phenoxy) is 2. The quantitative estimate of drug-likeness (QED) is 0.477. The number of nitrogens with zero attached hydrogens (tertiary/aromatic N) is 3. The number of aromatic nitrogens is 2. The molecule has 0 aliphatic heterocycles. The van der Waals surface area contributed by atoms with Crippen LogP contribution in [0.15, 0.2) is 36.7 Å². The van der Waals surface area contributed by atoms with Gasteiger partial charge in [-0.1, -0.05) is 0 Å². The van der Waals surface area contributed by atoms with Crippen LogP contribution in [0, 0.1) is 10.1 Å². The Kier molecular flexibility index (Phi) is 3.85. The largest absolute Gasteiger partial charge is 0.465 e. The molecule has 0 atom stereocenters. The van der Waals surface area contributed by atoms with Gasteiger partial charge in [-0.15, -0.1) is 0 Å². The zero-order chi connectivity index (χ0) is 14.5. The molecule has 2 aromatic rings. The molecular weight excluding hydrogens is 266 g/mol. The first-order chi connectivity index (χ1) is 9.61. The van der Waals surface area contributed by atoms with Gasteiger partial charge in [-0.25, -0.2) is 14.8 Å². The lowest BCUT2D eigenvalue weighted by atomic mass is 10.1. The molecule has 0 unspecified atom stereocenters. The summed E-state index contributed by atoms with van der Waals surface area (Å²) in [5, 5.41) is 10.8. The average Bonchev–Trinajstić information content (AvgIpc) is 2.47. The Morgan fingerprint density at radius 1 is 1.30 bits per heavy atom. The third-order valence-electron chi connectivity index (χ3n) is 2.32. The first-order valence-corrected chi connectivity index (χ1v) is 5.43. The van der Waals surface area contributed by atoms with Crippen LogP contribution in [0.25, 0.3) is 0 Å². The lowest BCUT2D eigenvalue weighted by Gasteiger charge is -2.05. The third-order valence-corrected chi connectivity index (χ3v) is 2.32. The van der Waals surface area contributed by atoms with Crippen molar-refractivity contribution >= 4 is 11.7 Å². The molecule has 0 amide bonds. The van der Waals surface area contributed by atoms with E-state index in [4.69, 9.17) is 4.74 Å². The van der Waals surface area contributed by atoms with Gasteiger partial charge in [-0.3, -0.25) is 10.1 Å². The number of hydrogen-bond acceptors (Lipinski definition) is 7. The number of methoxy groups -OCH3 is 1. The smallest absolute Gasteiger partial charge is 0.345 e. The zero-order valence-electron chi connectivity index (χ0n) is 10.3. The van der Waals surface area contributed by atoms with Gasteiger partial charge in [0.1, 0.15) is 11.3 Å². The normalized spacial score (nSPS) is 9.85. The number of carbonyl (C=O) groups excluding carboxylic acids is 1. The van der Waals surface area contributed by atoms with E-state index in [0.717, 1.165) is 13.2 Å². The van der Waals surface area contributed by atoms with Crippen LogP contribution in [0.2, 0.25) is 0 Å². The van der Waals surface area contributed by atoms with E-state index in [1.54, 1.807) is 6.07 Å². The molecule has 1 heterocycles. The van der Waals surface area contributed by atoms with Crippen molar-refractivity contribution in [2.24, 2.45) is 0 Å². The Morgan fingerprint density at radius 2 is 2.00 bits per heavy atom. The lowest BCUT2D eigenvalue weighted by Crippen LogP contribution is -2.06. The fourth-order valence-corrected chi connectivity index (χ4v) is 1.45. The highest BCUT2D eigenvalue weighted by atomic mass is 16.6. The van der Waals surface area contributed by atoms with Gasteiger partial charge in [0, 0.05) is 24.5 Å². The highest BCUT2D eigenvalue weighted by Crippen LogP contribution is 2.26. The molecule has 0 saturated carbocycles. The molecule has 0 fully saturated rings. The molecule has 2 rings (SSSR count). The highest BCUT2D eigenvalue weighted by molar-refractivity contribution is 5.94. The van der Waals surface area contributed by atoms with Gasteiger partial charge < -0.3 is 9.47 Å². The SMILES string of the molecule is COC(=O)c1cc(Oc2ncccn2)ccc1[N+](=O)[O-]. The van der Waals surface area contributed by atoms with E-state index in [1.165, 1.54) is 24.5 Å². The maximum Gasteiger partial charge on any atom is 0.345 e. The third kappa shape index (κ3) is 2.86. The Bertz CT molecular complexity index is 645. The summed E-state index contributed by atoms with van der Waals surface area (Å²) in [7, 11) is 1.14. The molecule has 1 aromatic carbocycles. The molecule has 0 bridgehead atoms. The van der Waals surface area contributed by atoms with Crippen LogP contribution in [-0.4, -0.2) is 28.0 Å². The molecule has 1 aromatic heterocycles. The van der Waals surface area contributed by atoms with E-state index in [9.17, 15) is 14.9 Å².